The van der Waals surface area contributed by atoms with Gasteiger partial charge in [-0.3, -0.25) is 4.98 Å². The Morgan fingerprint density at radius 3 is 2.26 bits per heavy atom. The highest BCUT2D eigenvalue weighted by Crippen LogP contribution is 2.46. The predicted molar refractivity (Wildman–Crippen MR) is 145 cm³/mol. The molecule has 6 heteroatoms. The lowest BCUT2D eigenvalue weighted by molar-refractivity contribution is 0.472. The van der Waals surface area contributed by atoms with Crippen LogP contribution in [0.5, 0.6) is 5.75 Å². The van der Waals surface area contributed by atoms with Crippen LogP contribution in [-0.2, 0) is 0 Å². The monoisotopic (exact) mass is 482 g/mol. The number of hydrogen-bond acceptors (Lipinski definition) is 3. The third-order valence-corrected chi connectivity index (χ3v) is 7.20. The van der Waals surface area contributed by atoms with Crippen LogP contribution in [0, 0.1) is 34.6 Å². The van der Waals surface area contributed by atoms with E-state index in [-0.39, 0.29) is 17.8 Å². The number of thiocarbonyl (C=S) groups is 1. The Labute approximate surface area is 212 Å². The predicted octanol–water partition coefficient (Wildman–Crippen LogP) is 6.30. The van der Waals surface area contributed by atoms with E-state index in [4.69, 9.17) is 12.2 Å². The van der Waals surface area contributed by atoms with Crippen molar-refractivity contribution in [2.75, 3.05) is 4.90 Å². The van der Waals surface area contributed by atoms with Crippen LogP contribution in [0.4, 0.5) is 5.69 Å². The van der Waals surface area contributed by atoms with Gasteiger partial charge < -0.3 is 19.9 Å². The molecule has 1 saturated heterocycles. The van der Waals surface area contributed by atoms with Crippen LogP contribution in [0.25, 0.3) is 5.69 Å². The smallest absolute Gasteiger partial charge is 0.174 e. The van der Waals surface area contributed by atoms with Crippen molar-refractivity contribution in [3.8, 4) is 11.4 Å². The molecule has 2 aromatic heterocycles. The Balaban J connectivity index is 1.73. The fourth-order valence-electron chi connectivity index (χ4n) is 5.55. The minimum atomic E-state index is -0.184. The summed E-state index contributed by atoms with van der Waals surface area (Å²) >= 11 is 5.84. The average molecular weight is 483 g/mol. The van der Waals surface area contributed by atoms with Gasteiger partial charge in [0.15, 0.2) is 5.11 Å². The van der Waals surface area contributed by atoms with Crippen LogP contribution in [-0.4, -0.2) is 19.8 Å². The van der Waals surface area contributed by atoms with Gasteiger partial charge in [-0.2, -0.15) is 0 Å². The number of aryl methyl sites for hydroxylation is 4. The molecule has 0 amide bonds. The molecule has 0 saturated carbocycles. The molecule has 1 aliphatic rings. The molecule has 3 heterocycles. The fraction of sp³-hybridized carbons (Fsp3) is 0.241. The maximum atomic E-state index is 10.8. The van der Waals surface area contributed by atoms with Gasteiger partial charge in [0.1, 0.15) is 5.75 Å². The number of pyridine rings is 1. The van der Waals surface area contributed by atoms with Gasteiger partial charge in [-0.05, 0) is 93.9 Å². The lowest BCUT2D eigenvalue weighted by Crippen LogP contribution is -2.29. The second-order valence-corrected chi connectivity index (χ2v) is 9.78. The van der Waals surface area contributed by atoms with E-state index in [1.807, 2.05) is 47.5 Å². The van der Waals surface area contributed by atoms with Gasteiger partial charge >= 0.3 is 0 Å². The quantitative estimate of drug-likeness (QED) is 0.335. The van der Waals surface area contributed by atoms with Crippen molar-refractivity contribution in [2.45, 2.75) is 46.7 Å². The zero-order valence-electron chi connectivity index (χ0n) is 20.7. The van der Waals surface area contributed by atoms with Crippen molar-refractivity contribution < 1.29 is 5.11 Å². The molecular weight excluding hydrogens is 452 g/mol. The maximum absolute atomic E-state index is 10.8. The first kappa shape index (κ1) is 23.1. The van der Waals surface area contributed by atoms with Gasteiger partial charge in [-0.1, -0.05) is 35.9 Å². The molecule has 1 fully saturated rings. The third-order valence-electron chi connectivity index (χ3n) is 6.89. The van der Waals surface area contributed by atoms with E-state index in [1.165, 1.54) is 22.4 Å². The third kappa shape index (κ3) is 3.88. The highest BCUT2D eigenvalue weighted by atomic mass is 32.1. The van der Waals surface area contributed by atoms with Crippen LogP contribution in [0.1, 0.15) is 51.4 Å². The van der Waals surface area contributed by atoms with Crippen molar-refractivity contribution in [2.24, 2.45) is 0 Å². The van der Waals surface area contributed by atoms with E-state index in [2.05, 4.69) is 67.7 Å². The fourth-order valence-corrected chi connectivity index (χ4v) is 5.89. The number of nitrogens with zero attached hydrogens (tertiary/aromatic N) is 3. The number of para-hydroxylation sites is 2. The van der Waals surface area contributed by atoms with E-state index in [9.17, 15) is 5.11 Å². The van der Waals surface area contributed by atoms with E-state index in [0.717, 1.165) is 22.6 Å². The number of phenolic OH excluding ortho intramolecular Hbond substituents is 1. The average Bonchev–Trinajstić information content (AvgIpc) is 3.30. The summed E-state index contributed by atoms with van der Waals surface area (Å²) < 4.78 is 2.35. The van der Waals surface area contributed by atoms with Gasteiger partial charge in [-0.15, -0.1) is 0 Å². The summed E-state index contributed by atoms with van der Waals surface area (Å²) in [5.41, 5.74) is 10.0. The number of rotatable bonds is 4. The Morgan fingerprint density at radius 1 is 0.914 bits per heavy atom. The summed E-state index contributed by atoms with van der Waals surface area (Å²) in [5.74, 6) is 0.197. The maximum Gasteiger partial charge on any atom is 0.174 e. The molecule has 2 atom stereocenters. The molecule has 0 bridgehead atoms. The zero-order valence-corrected chi connectivity index (χ0v) is 21.5. The molecule has 0 spiro atoms. The Kier molecular flexibility index (Phi) is 5.85. The van der Waals surface area contributed by atoms with E-state index < -0.39 is 0 Å². The van der Waals surface area contributed by atoms with Crippen molar-refractivity contribution in [3.05, 3.63) is 106 Å². The molecule has 1 aliphatic heterocycles. The van der Waals surface area contributed by atoms with Gasteiger partial charge in [-0.25, -0.2) is 0 Å². The van der Waals surface area contributed by atoms with Crippen LogP contribution in [0.3, 0.4) is 0 Å². The summed E-state index contributed by atoms with van der Waals surface area (Å²) in [5, 5.41) is 14.8. The second-order valence-electron chi connectivity index (χ2n) is 9.39. The minimum Gasteiger partial charge on any atom is -0.506 e. The molecule has 2 aromatic carbocycles. The molecule has 2 N–H and O–H groups in total. The van der Waals surface area contributed by atoms with Gasteiger partial charge in [0.25, 0.3) is 0 Å². The van der Waals surface area contributed by atoms with E-state index in [0.29, 0.717) is 10.8 Å². The van der Waals surface area contributed by atoms with Crippen molar-refractivity contribution in [1.29, 1.82) is 0 Å². The van der Waals surface area contributed by atoms with Crippen molar-refractivity contribution >= 4 is 23.0 Å². The SMILES string of the molecule is Cc1cc(C)c(-n2c(C)cc([C@H]3[C@@H](c4ccccn4)NC(=S)N3c3ccccc3O)c2C)c(C)c1. The molecular formula is C29H30N4OS. The summed E-state index contributed by atoms with van der Waals surface area (Å²) in [6, 6.07) is 19.7. The van der Waals surface area contributed by atoms with Crippen LogP contribution >= 0.6 is 12.2 Å². The van der Waals surface area contributed by atoms with Gasteiger partial charge in [0.2, 0.25) is 0 Å². The molecule has 5 nitrogen and oxygen atoms in total. The number of aromatic hydroxyl groups is 1. The number of nitrogens with one attached hydrogen (secondary N) is 1. The first-order valence-electron chi connectivity index (χ1n) is 11.8. The van der Waals surface area contributed by atoms with Gasteiger partial charge in [0.05, 0.1) is 29.2 Å². The molecule has 178 valence electrons. The molecule has 5 rings (SSSR count). The standard InChI is InChI=1S/C29H30N4OS/c1-17-14-18(2)27(19(3)15-17)32-20(4)16-22(21(32)5)28-26(23-10-8-9-13-30-23)31-29(35)33(28)24-11-6-7-12-25(24)34/h6-16,26,28,34H,1-5H3,(H,31,35)/t26-,28+/m1/s1. The summed E-state index contributed by atoms with van der Waals surface area (Å²) in [6.07, 6.45) is 1.81. The summed E-state index contributed by atoms with van der Waals surface area (Å²) in [4.78, 5) is 6.69. The Morgan fingerprint density at radius 2 is 1.60 bits per heavy atom. The molecule has 4 aromatic rings. The highest BCUT2D eigenvalue weighted by Gasteiger charge is 2.43. The van der Waals surface area contributed by atoms with E-state index >= 15 is 0 Å². The van der Waals surface area contributed by atoms with Gasteiger partial charge in [0, 0.05) is 17.6 Å². The zero-order chi connectivity index (χ0) is 24.9. The number of aromatic nitrogens is 2. The van der Waals surface area contributed by atoms with Crippen molar-refractivity contribution in [3.63, 3.8) is 0 Å². The number of hydrogen-bond donors (Lipinski definition) is 2. The lowest BCUT2D eigenvalue weighted by atomic mass is 9.96. The molecule has 0 unspecified atom stereocenters. The molecule has 0 aliphatic carbocycles. The van der Waals surface area contributed by atoms with Crippen LogP contribution < -0.4 is 10.2 Å². The van der Waals surface area contributed by atoms with Crippen molar-refractivity contribution in [1.82, 2.24) is 14.9 Å². The second kappa shape index (κ2) is 8.86. The number of benzene rings is 2. The topological polar surface area (TPSA) is 53.3 Å². The van der Waals surface area contributed by atoms with E-state index in [1.54, 1.807) is 6.07 Å². The highest BCUT2D eigenvalue weighted by molar-refractivity contribution is 7.80. The number of phenols is 1. The normalized spacial score (nSPS) is 17.6. The first-order valence-corrected chi connectivity index (χ1v) is 12.2. The lowest BCUT2D eigenvalue weighted by Gasteiger charge is -2.28. The Bertz CT molecular complexity index is 1400. The molecule has 35 heavy (non-hydrogen) atoms. The largest absolute Gasteiger partial charge is 0.506 e. The first-order chi connectivity index (χ1) is 16.8. The summed E-state index contributed by atoms with van der Waals surface area (Å²) in [6.45, 7) is 10.8. The number of anilines is 1. The minimum absolute atomic E-state index is 0.169. The summed E-state index contributed by atoms with van der Waals surface area (Å²) in [7, 11) is 0. The Hall–Kier alpha value is -3.64. The van der Waals surface area contributed by atoms with Crippen LogP contribution in [0.2, 0.25) is 0 Å². The molecule has 0 radical (unpaired) electrons. The van der Waals surface area contributed by atoms with Crippen LogP contribution in [0.15, 0.2) is 66.9 Å².